The normalized spacial score (nSPS) is 11.8. The van der Waals surface area contributed by atoms with Gasteiger partial charge in [0.2, 0.25) is 0 Å². The number of hydrogen-bond acceptors (Lipinski definition) is 1. The van der Waals surface area contributed by atoms with Gasteiger partial charge in [-0.1, -0.05) is 24.3 Å². The zero-order valence-electron chi connectivity index (χ0n) is 8.77. The van der Waals surface area contributed by atoms with Gasteiger partial charge in [-0.2, -0.15) is 18.3 Å². The Morgan fingerprint density at radius 3 is 2.47 bits per heavy atom. The molecule has 1 aromatic carbocycles. The summed E-state index contributed by atoms with van der Waals surface area (Å²) in [6.45, 7) is 1.78. The van der Waals surface area contributed by atoms with E-state index in [9.17, 15) is 13.2 Å². The van der Waals surface area contributed by atoms with Crippen molar-refractivity contribution in [3.05, 3.63) is 39.2 Å². The third-order valence-corrected chi connectivity index (χ3v) is 3.20. The van der Waals surface area contributed by atoms with Gasteiger partial charge in [0.05, 0.1) is 0 Å². The highest BCUT2D eigenvalue weighted by Crippen LogP contribution is 2.38. The highest BCUT2D eigenvalue weighted by molar-refractivity contribution is 14.1. The second-order valence-electron chi connectivity index (χ2n) is 3.58. The van der Waals surface area contributed by atoms with E-state index >= 15 is 0 Å². The lowest BCUT2D eigenvalue weighted by Crippen LogP contribution is -2.07. The lowest BCUT2D eigenvalue weighted by Gasteiger charge is -2.09. The fourth-order valence-corrected chi connectivity index (χ4v) is 2.31. The van der Waals surface area contributed by atoms with Crippen molar-refractivity contribution in [2.24, 2.45) is 0 Å². The summed E-state index contributed by atoms with van der Waals surface area (Å²) in [4.78, 5) is 0. The van der Waals surface area contributed by atoms with Crippen molar-refractivity contribution in [2.75, 3.05) is 0 Å². The summed E-state index contributed by atoms with van der Waals surface area (Å²) in [5.41, 5.74) is 0.669. The van der Waals surface area contributed by atoms with E-state index in [1.807, 2.05) is 0 Å². The molecule has 2 nitrogen and oxygen atoms in total. The highest BCUT2D eigenvalue weighted by Gasteiger charge is 2.37. The number of aromatic nitrogens is 2. The van der Waals surface area contributed by atoms with Crippen LogP contribution in [0.1, 0.15) is 11.3 Å². The Labute approximate surface area is 109 Å². The first kappa shape index (κ1) is 12.4. The first-order valence-electron chi connectivity index (χ1n) is 4.78. The molecule has 1 aromatic heterocycles. The van der Waals surface area contributed by atoms with Crippen molar-refractivity contribution in [1.82, 2.24) is 10.2 Å². The number of benzene rings is 1. The summed E-state index contributed by atoms with van der Waals surface area (Å²) in [6.07, 6.45) is -4.42. The van der Waals surface area contributed by atoms with E-state index < -0.39 is 11.9 Å². The summed E-state index contributed by atoms with van der Waals surface area (Å²) in [5, 5.41) is 5.70. The van der Waals surface area contributed by atoms with Crippen molar-refractivity contribution >= 4 is 22.6 Å². The zero-order valence-corrected chi connectivity index (χ0v) is 10.9. The minimum absolute atomic E-state index is 0.121. The van der Waals surface area contributed by atoms with Crippen LogP contribution in [0.2, 0.25) is 0 Å². The molecule has 1 N–H and O–H groups in total. The summed E-state index contributed by atoms with van der Waals surface area (Å²) < 4.78 is 38.7. The van der Waals surface area contributed by atoms with Gasteiger partial charge in [-0.3, -0.25) is 5.10 Å². The smallest absolute Gasteiger partial charge is 0.272 e. The van der Waals surface area contributed by atoms with Gasteiger partial charge in [-0.15, -0.1) is 0 Å². The summed E-state index contributed by atoms with van der Waals surface area (Å²) in [7, 11) is 0. The predicted molar refractivity (Wildman–Crippen MR) is 66.5 cm³/mol. The molecule has 0 radical (unpaired) electrons. The molecule has 0 saturated carbocycles. The van der Waals surface area contributed by atoms with Crippen LogP contribution in [-0.2, 0) is 6.18 Å². The van der Waals surface area contributed by atoms with Crippen molar-refractivity contribution in [3.8, 4) is 11.1 Å². The average molecular weight is 352 g/mol. The second-order valence-corrected chi connectivity index (χ2v) is 4.60. The zero-order chi connectivity index (χ0) is 12.6. The minimum Gasteiger partial charge on any atom is -0.272 e. The molecule has 0 amide bonds. The number of rotatable bonds is 1. The molecular formula is C11H8F3IN2. The fraction of sp³-hybridized carbons (Fsp3) is 0.182. The van der Waals surface area contributed by atoms with Crippen molar-refractivity contribution in [2.45, 2.75) is 13.1 Å². The second kappa shape index (κ2) is 4.32. The Bertz CT molecular complexity index is 546. The van der Waals surface area contributed by atoms with Crippen LogP contribution < -0.4 is 0 Å². The first-order valence-corrected chi connectivity index (χ1v) is 5.86. The van der Waals surface area contributed by atoms with Crippen LogP contribution in [-0.4, -0.2) is 10.2 Å². The molecule has 0 bridgehead atoms. The number of aryl methyl sites for hydroxylation is 1. The SMILES string of the molecule is Cc1ccccc1-c1c(I)n[nH]c1C(F)(F)F. The van der Waals surface area contributed by atoms with E-state index in [-0.39, 0.29) is 5.56 Å². The van der Waals surface area contributed by atoms with E-state index in [1.165, 1.54) is 0 Å². The van der Waals surface area contributed by atoms with Crippen LogP contribution in [0.3, 0.4) is 0 Å². The van der Waals surface area contributed by atoms with Crippen molar-refractivity contribution in [3.63, 3.8) is 0 Å². The molecule has 0 aliphatic carbocycles. The maximum atomic E-state index is 12.8. The van der Waals surface area contributed by atoms with Gasteiger partial charge in [0.1, 0.15) is 9.39 Å². The third-order valence-electron chi connectivity index (χ3n) is 2.42. The number of alkyl halides is 3. The van der Waals surface area contributed by atoms with Crippen LogP contribution in [0.25, 0.3) is 11.1 Å². The molecule has 0 unspecified atom stereocenters. The molecule has 0 aliphatic heterocycles. The summed E-state index contributed by atoms with van der Waals surface area (Å²) in [6, 6.07) is 6.95. The topological polar surface area (TPSA) is 28.7 Å². The van der Waals surface area contributed by atoms with Gasteiger partial charge in [-0.05, 0) is 40.6 Å². The standard InChI is InChI=1S/C11H8F3IN2/c1-6-4-2-3-5-7(6)8-9(11(12,13)14)16-17-10(8)15/h2-5H,1H3,(H,16,17). The number of nitrogens with one attached hydrogen (secondary N) is 1. The van der Waals surface area contributed by atoms with Gasteiger partial charge in [0, 0.05) is 5.56 Å². The Balaban J connectivity index is 2.68. The molecule has 0 spiro atoms. The number of nitrogens with zero attached hydrogens (tertiary/aromatic N) is 1. The van der Waals surface area contributed by atoms with Gasteiger partial charge in [0.25, 0.3) is 0 Å². The number of aromatic amines is 1. The molecule has 90 valence electrons. The van der Waals surface area contributed by atoms with Crippen LogP contribution in [0.5, 0.6) is 0 Å². The summed E-state index contributed by atoms with van der Waals surface area (Å²) in [5.74, 6) is 0. The highest BCUT2D eigenvalue weighted by atomic mass is 127. The molecule has 1 heterocycles. The van der Waals surface area contributed by atoms with E-state index in [1.54, 1.807) is 53.8 Å². The van der Waals surface area contributed by atoms with Crippen LogP contribution >= 0.6 is 22.6 Å². The van der Waals surface area contributed by atoms with Gasteiger partial charge in [-0.25, -0.2) is 0 Å². The van der Waals surface area contributed by atoms with E-state index in [4.69, 9.17) is 0 Å². The minimum atomic E-state index is -4.42. The monoisotopic (exact) mass is 352 g/mol. The van der Waals surface area contributed by atoms with Gasteiger partial charge >= 0.3 is 6.18 Å². The average Bonchev–Trinajstić information content (AvgIpc) is 2.60. The third kappa shape index (κ3) is 2.31. The van der Waals surface area contributed by atoms with Crippen LogP contribution in [0.15, 0.2) is 24.3 Å². The van der Waals surface area contributed by atoms with E-state index in [2.05, 4.69) is 10.2 Å². The summed E-state index contributed by atoms with van der Waals surface area (Å²) >= 11 is 1.80. The number of H-pyrrole nitrogens is 1. The van der Waals surface area contributed by atoms with Crippen LogP contribution in [0, 0.1) is 10.6 Å². The lowest BCUT2D eigenvalue weighted by atomic mass is 10.0. The maximum absolute atomic E-state index is 12.8. The van der Waals surface area contributed by atoms with Crippen LogP contribution in [0.4, 0.5) is 13.2 Å². The Kier molecular flexibility index (Phi) is 3.15. The quantitative estimate of drug-likeness (QED) is 0.772. The van der Waals surface area contributed by atoms with E-state index in [0.29, 0.717) is 9.26 Å². The Morgan fingerprint density at radius 1 is 1.24 bits per heavy atom. The molecule has 6 heteroatoms. The molecule has 2 rings (SSSR count). The fourth-order valence-electron chi connectivity index (χ4n) is 1.62. The number of halogens is 4. The molecule has 0 aliphatic rings. The predicted octanol–water partition coefficient (Wildman–Crippen LogP) is 4.01. The molecule has 0 atom stereocenters. The van der Waals surface area contributed by atoms with Gasteiger partial charge < -0.3 is 0 Å². The number of hydrogen-bond donors (Lipinski definition) is 1. The van der Waals surface area contributed by atoms with Gasteiger partial charge in [0.15, 0.2) is 0 Å². The Hall–Kier alpha value is -1.05. The van der Waals surface area contributed by atoms with Crippen molar-refractivity contribution in [1.29, 1.82) is 0 Å². The first-order chi connectivity index (χ1) is 7.91. The Morgan fingerprint density at radius 2 is 1.88 bits per heavy atom. The molecule has 17 heavy (non-hydrogen) atoms. The van der Waals surface area contributed by atoms with E-state index in [0.717, 1.165) is 5.56 Å². The maximum Gasteiger partial charge on any atom is 0.433 e. The largest absolute Gasteiger partial charge is 0.433 e. The lowest BCUT2D eigenvalue weighted by molar-refractivity contribution is -0.140. The molecule has 0 fully saturated rings. The van der Waals surface area contributed by atoms with Crippen molar-refractivity contribution < 1.29 is 13.2 Å². The molecular weight excluding hydrogens is 344 g/mol. The molecule has 2 aromatic rings. The molecule has 0 saturated heterocycles.